The Kier molecular flexibility index (Phi) is 8.51. The summed E-state index contributed by atoms with van der Waals surface area (Å²) in [4.78, 5) is 6.79. The zero-order valence-electron chi connectivity index (χ0n) is 18.1. The van der Waals surface area contributed by atoms with Gasteiger partial charge >= 0.3 is 0 Å². The standard InChI is InChI=1S/C23H30N4O3.HI/c1-17(18-6-5-7-19(14-18)27-11-3-4-12-27)26-23(24-2)25-10-13-28-20-8-9-21-22(15-20)30-16-29-21;/h5-9,14-15,17H,3-4,10-13,16H2,1-2H3,(H2,24,25,26);1H. The molecule has 0 saturated carbocycles. The van der Waals surface area contributed by atoms with Crippen molar-refractivity contribution in [1.29, 1.82) is 0 Å². The molecule has 168 valence electrons. The highest BCUT2D eigenvalue weighted by atomic mass is 127. The minimum Gasteiger partial charge on any atom is -0.492 e. The highest BCUT2D eigenvalue weighted by Crippen LogP contribution is 2.35. The number of halogens is 1. The fourth-order valence-corrected chi connectivity index (χ4v) is 3.75. The van der Waals surface area contributed by atoms with Crippen molar-refractivity contribution < 1.29 is 14.2 Å². The number of hydrogen-bond acceptors (Lipinski definition) is 5. The molecule has 7 nitrogen and oxygen atoms in total. The van der Waals surface area contributed by atoms with E-state index in [1.165, 1.54) is 24.1 Å². The van der Waals surface area contributed by atoms with Gasteiger partial charge in [-0.2, -0.15) is 0 Å². The molecule has 0 spiro atoms. The Bertz CT molecular complexity index is 887. The van der Waals surface area contributed by atoms with E-state index in [-0.39, 0.29) is 36.8 Å². The van der Waals surface area contributed by atoms with Crippen LogP contribution in [0.5, 0.6) is 17.2 Å². The van der Waals surface area contributed by atoms with Crippen LogP contribution in [-0.2, 0) is 0 Å². The Hall–Kier alpha value is -2.36. The molecule has 0 amide bonds. The molecule has 4 rings (SSSR count). The third-order valence-corrected chi connectivity index (χ3v) is 5.43. The first-order chi connectivity index (χ1) is 14.7. The molecule has 8 heteroatoms. The van der Waals surface area contributed by atoms with Crippen LogP contribution in [0.4, 0.5) is 5.69 Å². The van der Waals surface area contributed by atoms with Gasteiger partial charge in [0.05, 0.1) is 12.6 Å². The normalized spacial score (nSPS) is 15.9. The summed E-state index contributed by atoms with van der Waals surface area (Å²) in [6.07, 6.45) is 2.56. The molecule has 31 heavy (non-hydrogen) atoms. The van der Waals surface area contributed by atoms with Crippen LogP contribution < -0.4 is 29.7 Å². The summed E-state index contributed by atoms with van der Waals surface area (Å²) >= 11 is 0. The maximum atomic E-state index is 5.80. The molecule has 2 aliphatic rings. The molecule has 0 aromatic heterocycles. The third kappa shape index (κ3) is 6.09. The van der Waals surface area contributed by atoms with Crippen LogP contribution in [0.3, 0.4) is 0 Å². The lowest BCUT2D eigenvalue weighted by molar-refractivity contribution is 0.173. The molecular weight excluding hydrogens is 507 g/mol. The van der Waals surface area contributed by atoms with Gasteiger partial charge < -0.3 is 29.7 Å². The van der Waals surface area contributed by atoms with Crippen molar-refractivity contribution in [1.82, 2.24) is 10.6 Å². The summed E-state index contributed by atoms with van der Waals surface area (Å²) in [5, 5.41) is 6.77. The number of anilines is 1. The van der Waals surface area contributed by atoms with E-state index in [2.05, 4.69) is 51.7 Å². The van der Waals surface area contributed by atoms with E-state index in [1.54, 1.807) is 7.05 Å². The number of aliphatic imine (C=N–C) groups is 1. The molecule has 2 aromatic rings. The van der Waals surface area contributed by atoms with Gasteiger partial charge in [-0.3, -0.25) is 4.99 Å². The van der Waals surface area contributed by atoms with Crippen LogP contribution in [0.1, 0.15) is 31.4 Å². The summed E-state index contributed by atoms with van der Waals surface area (Å²) in [6.45, 7) is 5.87. The van der Waals surface area contributed by atoms with Crippen LogP contribution in [-0.4, -0.2) is 46.0 Å². The average Bonchev–Trinajstić information content (AvgIpc) is 3.47. The van der Waals surface area contributed by atoms with Gasteiger partial charge in [-0.1, -0.05) is 12.1 Å². The number of hydrogen-bond donors (Lipinski definition) is 2. The first-order valence-electron chi connectivity index (χ1n) is 10.6. The lowest BCUT2D eigenvalue weighted by Gasteiger charge is -2.22. The first-order valence-corrected chi connectivity index (χ1v) is 10.6. The molecule has 1 unspecified atom stereocenters. The van der Waals surface area contributed by atoms with Crippen LogP contribution in [0.25, 0.3) is 0 Å². The highest BCUT2D eigenvalue weighted by Gasteiger charge is 2.15. The van der Waals surface area contributed by atoms with Crippen molar-refractivity contribution in [3.8, 4) is 17.2 Å². The fourth-order valence-electron chi connectivity index (χ4n) is 3.75. The second-order valence-corrected chi connectivity index (χ2v) is 7.52. The monoisotopic (exact) mass is 538 g/mol. The molecule has 1 fully saturated rings. The smallest absolute Gasteiger partial charge is 0.231 e. The largest absolute Gasteiger partial charge is 0.492 e. The van der Waals surface area contributed by atoms with Gasteiger partial charge in [0.15, 0.2) is 17.5 Å². The Morgan fingerprint density at radius 3 is 2.74 bits per heavy atom. The third-order valence-electron chi connectivity index (χ3n) is 5.43. The first kappa shape index (κ1) is 23.3. The predicted octanol–water partition coefficient (Wildman–Crippen LogP) is 3.94. The van der Waals surface area contributed by atoms with Crippen molar-refractivity contribution >= 4 is 35.6 Å². The van der Waals surface area contributed by atoms with E-state index in [1.807, 2.05) is 18.2 Å². The lowest BCUT2D eigenvalue weighted by Crippen LogP contribution is -2.40. The average molecular weight is 538 g/mol. The predicted molar refractivity (Wildman–Crippen MR) is 134 cm³/mol. The lowest BCUT2D eigenvalue weighted by atomic mass is 10.1. The fraction of sp³-hybridized carbons (Fsp3) is 0.435. The summed E-state index contributed by atoms with van der Waals surface area (Å²) in [5.41, 5.74) is 2.55. The number of nitrogens with zero attached hydrogens (tertiary/aromatic N) is 2. The second-order valence-electron chi connectivity index (χ2n) is 7.52. The minimum absolute atomic E-state index is 0. The van der Waals surface area contributed by atoms with Crippen molar-refractivity contribution in [2.24, 2.45) is 4.99 Å². The molecule has 1 saturated heterocycles. The Labute approximate surface area is 201 Å². The Balaban J connectivity index is 0.00000272. The maximum Gasteiger partial charge on any atom is 0.231 e. The van der Waals surface area contributed by atoms with E-state index in [0.717, 1.165) is 36.3 Å². The molecule has 2 N–H and O–H groups in total. The van der Waals surface area contributed by atoms with Gasteiger partial charge in [-0.25, -0.2) is 0 Å². The topological polar surface area (TPSA) is 67.4 Å². The maximum absolute atomic E-state index is 5.80. The number of rotatable bonds is 7. The molecular formula is C23H31IN4O3. The van der Waals surface area contributed by atoms with Gasteiger partial charge in [0.2, 0.25) is 6.79 Å². The minimum atomic E-state index is 0. The van der Waals surface area contributed by atoms with Crippen LogP contribution >= 0.6 is 24.0 Å². The van der Waals surface area contributed by atoms with Gasteiger partial charge in [0.25, 0.3) is 0 Å². The van der Waals surface area contributed by atoms with Gasteiger partial charge in [-0.15, -0.1) is 24.0 Å². The van der Waals surface area contributed by atoms with Gasteiger partial charge in [0.1, 0.15) is 12.4 Å². The number of ether oxygens (including phenoxy) is 3. The second kappa shape index (κ2) is 11.3. The zero-order chi connectivity index (χ0) is 20.8. The van der Waals surface area contributed by atoms with E-state index in [0.29, 0.717) is 13.2 Å². The van der Waals surface area contributed by atoms with E-state index in [4.69, 9.17) is 14.2 Å². The van der Waals surface area contributed by atoms with Crippen LogP contribution in [0.2, 0.25) is 0 Å². The van der Waals surface area contributed by atoms with Crippen molar-refractivity contribution in [3.63, 3.8) is 0 Å². The number of guanidine groups is 1. The molecule has 2 aliphatic heterocycles. The molecule has 0 radical (unpaired) electrons. The van der Waals surface area contributed by atoms with Crippen molar-refractivity contribution in [3.05, 3.63) is 48.0 Å². The van der Waals surface area contributed by atoms with Gasteiger partial charge in [0, 0.05) is 31.9 Å². The van der Waals surface area contributed by atoms with Crippen LogP contribution in [0, 0.1) is 0 Å². The quantitative estimate of drug-likeness (QED) is 0.241. The number of benzene rings is 2. The summed E-state index contributed by atoms with van der Waals surface area (Å²) in [6, 6.07) is 14.5. The summed E-state index contributed by atoms with van der Waals surface area (Å²) in [5.74, 6) is 3.00. The molecule has 0 aliphatic carbocycles. The number of nitrogens with one attached hydrogen (secondary N) is 2. The molecule has 1 atom stereocenters. The van der Waals surface area contributed by atoms with Crippen LogP contribution in [0.15, 0.2) is 47.5 Å². The molecule has 0 bridgehead atoms. The van der Waals surface area contributed by atoms with E-state index in [9.17, 15) is 0 Å². The summed E-state index contributed by atoms with van der Waals surface area (Å²) < 4.78 is 16.5. The Morgan fingerprint density at radius 2 is 1.94 bits per heavy atom. The SMILES string of the molecule is CN=C(NCCOc1ccc2c(c1)OCO2)NC(C)c1cccc(N2CCCC2)c1.I. The summed E-state index contributed by atoms with van der Waals surface area (Å²) in [7, 11) is 1.78. The van der Waals surface area contributed by atoms with E-state index < -0.39 is 0 Å². The molecule has 2 heterocycles. The van der Waals surface area contributed by atoms with E-state index >= 15 is 0 Å². The van der Waals surface area contributed by atoms with Crippen molar-refractivity contribution in [2.45, 2.75) is 25.8 Å². The highest BCUT2D eigenvalue weighted by molar-refractivity contribution is 14.0. The Morgan fingerprint density at radius 1 is 1.13 bits per heavy atom. The molecule has 2 aromatic carbocycles. The van der Waals surface area contributed by atoms with Crippen molar-refractivity contribution in [2.75, 3.05) is 45.0 Å². The van der Waals surface area contributed by atoms with Gasteiger partial charge in [-0.05, 0) is 49.6 Å². The zero-order valence-corrected chi connectivity index (χ0v) is 20.4. The number of fused-ring (bicyclic) bond motifs is 1.